The summed E-state index contributed by atoms with van der Waals surface area (Å²) in [5.41, 5.74) is 5.03. The molecule has 0 heterocycles. The number of para-hydroxylation sites is 3. The van der Waals surface area contributed by atoms with Crippen LogP contribution in [0.1, 0.15) is 34.6 Å². The number of benzene rings is 3. The average molecular weight is 596 g/mol. The Morgan fingerprint density at radius 1 is 0.531 bits per heavy atom. The van der Waals surface area contributed by atoms with Gasteiger partial charge in [0.2, 0.25) is 0 Å². The van der Waals surface area contributed by atoms with Gasteiger partial charge in [-0.25, -0.2) is 0 Å². The van der Waals surface area contributed by atoms with E-state index in [1.54, 1.807) is 87.3 Å². The average Bonchev–Trinajstić information content (AvgIpc) is 2.91. The molecule has 4 rings (SSSR count). The Kier molecular flexibility index (Phi) is 11.8. The van der Waals surface area contributed by atoms with Gasteiger partial charge < -0.3 is 15.3 Å². The van der Waals surface area contributed by atoms with Gasteiger partial charge in [-0.3, -0.25) is 0 Å². The maximum atomic E-state index is 8.63. The fourth-order valence-corrected chi connectivity index (χ4v) is 4.22. The Morgan fingerprint density at radius 2 is 0.812 bits per heavy atom. The third kappa shape index (κ3) is 9.27. The van der Waals surface area contributed by atoms with Crippen molar-refractivity contribution in [3.8, 4) is 17.2 Å². The van der Waals surface area contributed by atoms with E-state index >= 15 is 0 Å². The monoisotopic (exact) mass is 597 g/mol. The van der Waals surface area contributed by atoms with Gasteiger partial charge in [-0.2, -0.15) is 0 Å². The SMILES string of the molecule is CC1=C(C)C(C)(C)[C]([Hf])=C1C.Oc1ccccc1.Oc1ccccc1.Oc1ccccc1. The maximum Gasteiger partial charge on any atom is 0.115 e. The van der Waals surface area contributed by atoms with Crippen molar-refractivity contribution in [2.75, 3.05) is 0 Å². The van der Waals surface area contributed by atoms with Crippen molar-refractivity contribution >= 4 is 0 Å². The first-order chi connectivity index (χ1) is 15.1. The molecule has 1 aliphatic carbocycles. The summed E-state index contributed by atoms with van der Waals surface area (Å²) >= 11 is 1.21. The molecule has 0 fully saturated rings. The van der Waals surface area contributed by atoms with Crippen LogP contribution in [0.15, 0.2) is 111 Å². The zero-order valence-corrected chi connectivity index (χ0v) is 23.1. The van der Waals surface area contributed by atoms with Crippen LogP contribution < -0.4 is 0 Å². The van der Waals surface area contributed by atoms with Crippen LogP contribution in [0.3, 0.4) is 0 Å². The van der Waals surface area contributed by atoms with Gasteiger partial charge in [-0.1, -0.05) is 54.6 Å². The molecule has 0 aromatic heterocycles. The fourth-order valence-electron chi connectivity index (χ4n) is 2.88. The molecule has 3 N–H and O–H groups in total. The maximum absolute atomic E-state index is 8.63. The Bertz CT molecular complexity index is 877. The molecule has 0 spiro atoms. The zero-order valence-electron chi connectivity index (χ0n) is 19.5. The second-order valence-corrected chi connectivity index (χ2v) is 9.68. The Balaban J connectivity index is 0.000000218. The van der Waals surface area contributed by atoms with Crippen LogP contribution in [0.2, 0.25) is 0 Å². The standard InChI is InChI=1S/C10H15.3C6H6O.Hf/c1-7-6-10(4,5)9(3)8(7)2;3*7-6-4-2-1-3-5-6;/h1-5H3;3*1-5,7H;. The molecule has 3 aromatic carbocycles. The summed E-state index contributed by atoms with van der Waals surface area (Å²) < 4.78 is 1.67. The minimum Gasteiger partial charge on any atom is -0.508 e. The van der Waals surface area contributed by atoms with Crippen LogP contribution in [0.4, 0.5) is 0 Å². The molecule has 0 saturated carbocycles. The van der Waals surface area contributed by atoms with E-state index in [-0.39, 0.29) is 0 Å². The van der Waals surface area contributed by atoms with Crippen LogP contribution in [-0.2, 0) is 24.4 Å². The predicted molar refractivity (Wildman–Crippen MR) is 129 cm³/mol. The third-order valence-corrected chi connectivity index (χ3v) is 8.92. The molecule has 4 heteroatoms. The molecule has 32 heavy (non-hydrogen) atoms. The molecule has 0 saturated heterocycles. The predicted octanol–water partition coefficient (Wildman–Crippen LogP) is 7.36. The molecular formula is C28H33HfO3. The van der Waals surface area contributed by atoms with E-state index in [0.717, 1.165) is 0 Å². The summed E-state index contributed by atoms with van der Waals surface area (Å²) in [6.45, 7) is 11.5. The van der Waals surface area contributed by atoms with Crippen molar-refractivity contribution in [2.24, 2.45) is 5.41 Å². The Morgan fingerprint density at radius 3 is 0.906 bits per heavy atom. The molecular weight excluding hydrogens is 563 g/mol. The molecule has 3 aromatic rings. The molecule has 0 bridgehead atoms. The quantitative estimate of drug-likeness (QED) is 0.238. The van der Waals surface area contributed by atoms with Gasteiger partial charge in [0.25, 0.3) is 0 Å². The van der Waals surface area contributed by atoms with E-state index in [0.29, 0.717) is 22.7 Å². The van der Waals surface area contributed by atoms with E-state index < -0.39 is 0 Å². The van der Waals surface area contributed by atoms with Crippen LogP contribution in [0, 0.1) is 5.41 Å². The number of phenolic OH excluding ortho intramolecular Hbond substituents is 3. The molecule has 0 atom stereocenters. The smallest absolute Gasteiger partial charge is 0.115 e. The van der Waals surface area contributed by atoms with E-state index in [2.05, 4.69) is 34.6 Å². The van der Waals surface area contributed by atoms with Gasteiger partial charge in [0.05, 0.1) is 0 Å². The Hall–Kier alpha value is -2.59. The van der Waals surface area contributed by atoms with Crippen molar-refractivity contribution in [2.45, 2.75) is 34.6 Å². The van der Waals surface area contributed by atoms with Crippen molar-refractivity contribution in [3.05, 3.63) is 111 Å². The molecule has 0 amide bonds. The van der Waals surface area contributed by atoms with Crippen molar-refractivity contribution in [3.63, 3.8) is 0 Å². The van der Waals surface area contributed by atoms with Crippen LogP contribution in [0.25, 0.3) is 0 Å². The summed E-state index contributed by atoms with van der Waals surface area (Å²) in [5, 5.41) is 25.9. The first-order valence-corrected chi connectivity index (χ1v) is 12.2. The number of hydrogen-bond donors (Lipinski definition) is 3. The summed E-state index contributed by atoms with van der Waals surface area (Å²) in [6.07, 6.45) is 0. The second-order valence-electron chi connectivity index (χ2n) is 7.88. The van der Waals surface area contributed by atoms with Crippen molar-refractivity contribution < 1.29 is 39.7 Å². The van der Waals surface area contributed by atoms with E-state index in [1.807, 2.05) is 18.2 Å². The van der Waals surface area contributed by atoms with Crippen LogP contribution in [0.5, 0.6) is 17.2 Å². The van der Waals surface area contributed by atoms with Crippen molar-refractivity contribution in [1.29, 1.82) is 0 Å². The number of hydrogen-bond acceptors (Lipinski definition) is 3. The van der Waals surface area contributed by atoms with Gasteiger partial charge in [-0.05, 0) is 36.4 Å². The topological polar surface area (TPSA) is 60.7 Å². The third-order valence-electron chi connectivity index (χ3n) is 5.33. The normalized spacial score (nSPS) is 13.6. The molecule has 0 radical (unpaired) electrons. The van der Waals surface area contributed by atoms with E-state index in [9.17, 15) is 0 Å². The minimum atomic E-state index is 0.322. The number of phenols is 3. The number of aromatic hydroxyl groups is 3. The molecule has 0 aliphatic heterocycles. The van der Waals surface area contributed by atoms with E-state index in [1.165, 1.54) is 29.9 Å². The van der Waals surface area contributed by atoms with Gasteiger partial charge in [-0.15, -0.1) is 0 Å². The number of allylic oxidation sites excluding steroid dienone is 4. The first-order valence-electron chi connectivity index (χ1n) is 10.4. The van der Waals surface area contributed by atoms with Crippen molar-refractivity contribution in [1.82, 2.24) is 0 Å². The summed E-state index contributed by atoms with van der Waals surface area (Å²) in [5.74, 6) is 0.965. The molecule has 167 valence electrons. The van der Waals surface area contributed by atoms with Crippen LogP contribution >= 0.6 is 0 Å². The fraction of sp³-hybridized carbons (Fsp3) is 0.214. The molecule has 0 unspecified atom stereocenters. The largest absolute Gasteiger partial charge is 0.508 e. The number of rotatable bonds is 0. The first kappa shape index (κ1) is 27.4. The summed E-state index contributed by atoms with van der Waals surface area (Å²) in [7, 11) is 0. The zero-order chi connectivity index (χ0) is 24.1. The van der Waals surface area contributed by atoms with E-state index in [4.69, 9.17) is 15.3 Å². The molecule has 1 aliphatic rings. The molecule has 3 nitrogen and oxygen atoms in total. The van der Waals surface area contributed by atoms with Gasteiger partial charge in [0.1, 0.15) is 17.2 Å². The van der Waals surface area contributed by atoms with Gasteiger partial charge in [0, 0.05) is 0 Å². The Labute approximate surface area is 207 Å². The van der Waals surface area contributed by atoms with Gasteiger partial charge in [0.15, 0.2) is 0 Å². The summed E-state index contributed by atoms with van der Waals surface area (Å²) in [6, 6.07) is 26.1. The van der Waals surface area contributed by atoms with Crippen LogP contribution in [-0.4, -0.2) is 15.3 Å². The van der Waals surface area contributed by atoms with Gasteiger partial charge >= 0.3 is 84.5 Å². The summed E-state index contributed by atoms with van der Waals surface area (Å²) in [4.78, 5) is 0. The second kappa shape index (κ2) is 13.7. The minimum absolute atomic E-state index is 0.322.